The Labute approximate surface area is 188 Å². The van der Waals surface area contributed by atoms with Gasteiger partial charge in [0, 0.05) is 6.07 Å². The van der Waals surface area contributed by atoms with E-state index < -0.39 is 6.43 Å². The van der Waals surface area contributed by atoms with Crippen molar-refractivity contribution in [3.05, 3.63) is 76.7 Å². The minimum absolute atomic E-state index is 0.0751. The Morgan fingerprint density at radius 1 is 1.18 bits per heavy atom. The summed E-state index contributed by atoms with van der Waals surface area (Å²) in [6.45, 7) is 2.04. The van der Waals surface area contributed by atoms with Gasteiger partial charge in [0.05, 0.1) is 23.8 Å². The van der Waals surface area contributed by atoms with Gasteiger partial charge in [0.25, 0.3) is 12.3 Å². The summed E-state index contributed by atoms with van der Waals surface area (Å²) in [5.74, 6) is 0.868. The van der Waals surface area contributed by atoms with Gasteiger partial charge in [-0.05, 0) is 49.1 Å². The maximum atomic E-state index is 13.8. The molecule has 1 fully saturated rings. The predicted molar refractivity (Wildman–Crippen MR) is 114 cm³/mol. The van der Waals surface area contributed by atoms with Gasteiger partial charge in [-0.25, -0.2) is 13.5 Å². The SMILES string of the molecule is COc1cc(-n2nc(-c3nc(C4(c5ccccc5C)CC4)no3)cc2C(F)F)ccc1C#N. The maximum Gasteiger partial charge on any atom is 0.280 e. The Morgan fingerprint density at radius 3 is 2.64 bits per heavy atom. The van der Waals surface area contributed by atoms with Crippen LogP contribution in [-0.4, -0.2) is 27.0 Å². The molecule has 0 atom stereocenters. The highest BCUT2D eigenvalue weighted by molar-refractivity contribution is 5.54. The molecular formula is C24H19F2N5O2. The van der Waals surface area contributed by atoms with Crippen molar-refractivity contribution < 1.29 is 18.0 Å². The van der Waals surface area contributed by atoms with Crippen molar-refractivity contribution in [3.8, 4) is 29.1 Å². The summed E-state index contributed by atoms with van der Waals surface area (Å²) < 4.78 is 39.4. The van der Waals surface area contributed by atoms with Crippen molar-refractivity contribution in [3.63, 3.8) is 0 Å². The van der Waals surface area contributed by atoms with Crippen LogP contribution in [0.4, 0.5) is 8.78 Å². The van der Waals surface area contributed by atoms with Gasteiger partial charge in [0.2, 0.25) is 0 Å². The van der Waals surface area contributed by atoms with Gasteiger partial charge >= 0.3 is 0 Å². The van der Waals surface area contributed by atoms with Crippen LogP contribution in [0.25, 0.3) is 17.3 Å². The van der Waals surface area contributed by atoms with Crippen molar-refractivity contribution in [2.45, 2.75) is 31.6 Å². The van der Waals surface area contributed by atoms with Gasteiger partial charge in [0.15, 0.2) is 11.5 Å². The lowest BCUT2D eigenvalue weighted by atomic mass is 9.91. The molecule has 2 aromatic heterocycles. The van der Waals surface area contributed by atoms with E-state index in [0.29, 0.717) is 17.1 Å². The van der Waals surface area contributed by atoms with Gasteiger partial charge in [-0.3, -0.25) is 0 Å². The lowest BCUT2D eigenvalue weighted by molar-refractivity contribution is 0.143. The second-order valence-electron chi connectivity index (χ2n) is 7.98. The van der Waals surface area contributed by atoms with Crippen molar-refractivity contribution in [1.82, 2.24) is 19.9 Å². The first-order chi connectivity index (χ1) is 16.0. The van der Waals surface area contributed by atoms with Crippen molar-refractivity contribution in [1.29, 1.82) is 5.26 Å². The molecule has 2 heterocycles. The van der Waals surface area contributed by atoms with Crippen LogP contribution < -0.4 is 4.74 Å². The van der Waals surface area contributed by atoms with Gasteiger partial charge in [-0.15, -0.1) is 0 Å². The van der Waals surface area contributed by atoms with Crippen LogP contribution >= 0.6 is 0 Å². The largest absolute Gasteiger partial charge is 0.495 e. The summed E-state index contributed by atoms with van der Waals surface area (Å²) in [6.07, 6.45) is -1.02. The second kappa shape index (κ2) is 7.81. The molecule has 0 spiro atoms. The first-order valence-electron chi connectivity index (χ1n) is 10.3. The van der Waals surface area contributed by atoms with Crippen molar-refractivity contribution in [2.24, 2.45) is 0 Å². The molecule has 166 valence electrons. The molecule has 0 radical (unpaired) electrons. The summed E-state index contributed by atoms with van der Waals surface area (Å²) in [5.41, 5.74) is 2.39. The van der Waals surface area contributed by atoms with Crippen LogP contribution in [0, 0.1) is 18.3 Å². The molecule has 0 aliphatic heterocycles. The standard InChI is InChI=1S/C24H19F2N5O2/c1-14-5-3-4-6-17(14)24(9-10-24)23-28-22(33-30-23)18-12-19(21(25)26)31(29-18)16-8-7-15(13-27)20(11-16)32-2/h3-8,11-12,21H,9-10H2,1-2H3. The molecule has 4 aromatic rings. The van der Waals surface area contributed by atoms with E-state index in [2.05, 4.69) is 21.3 Å². The molecule has 7 nitrogen and oxygen atoms in total. The van der Waals surface area contributed by atoms with Gasteiger partial charge in [-0.1, -0.05) is 29.4 Å². The Balaban J connectivity index is 1.54. The number of rotatable bonds is 6. The molecule has 1 saturated carbocycles. The Bertz CT molecular complexity index is 1380. The Kier molecular flexibility index (Phi) is 4.93. The lowest BCUT2D eigenvalue weighted by Gasteiger charge is -2.13. The molecule has 0 amide bonds. The highest BCUT2D eigenvalue weighted by atomic mass is 19.3. The van der Waals surface area contributed by atoms with E-state index in [1.165, 1.54) is 31.4 Å². The average Bonchev–Trinajstić information content (AvgIpc) is 3.26. The molecular weight excluding hydrogens is 428 g/mol. The van der Waals surface area contributed by atoms with Crippen molar-refractivity contribution >= 4 is 0 Å². The summed E-state index contributed by atoms with van der Waals surface area (Å²) >= 11 is 0. The summed E-state index contributed by atoms with van der Waals surface area (Å²) in [6, 6.07) is 15.8. The smallest absolute Gasteiger partial charge is 0.280 e. The van der Waals surface area contributed by atoms with E-state index in [4.69, 9.17) is 9.26 Å². The number of aromatic nitrogens is 4. The fraction of sp³-hybridized carbons (Fsp3) is 0.250. The number of alkyl halides is 2. The number of benzene rings is 2. The van der Waals surface area contributed by atoms with Gasteiger partial charge < -0.3 is 9.26 Å². The zero-order chi connectivity index (χ0) is 23.2. The predicted octanol–water partition coefficient (Wildman–Crippen LogP) is 5.13. The normalized spacial score (nSPS) is 14.3. The number of aryl methyl sites for hydroxylation is 1. The molecule has 0 saturated heterocycles. The number of halogens is 2. The Hall–Kier alpha value is -4.06. The number of nitriles is 1. The first-order valence-corrected chi connectivity index (χ1v) is 10.3. The molecule has 2 aromatic carbocycles. The zero-order valence-corrected chi connectivity index (χ0v) is 17.9. The number of hydrogen-bond donors (Lipinski definition) is 0. The second-order valence-corrected chi connectivity index (χ2v) is 7.98. The molecule has 1 aliphatic carbocycles. The zero-order valence-electron chi connectivity index (χ0n) is 17.9. The van der Waals surface area contributed by atoms with Crippen LogP contribution in [-0.2, 0) is 5.41 Å². The Morgan fingerprint density at radius 2 is 1.97 bits per heavy atom. The third-order valence-electron chi connectivity index (χ3n) is 5.99. The van der Waals surface area contributed by atoms with Gasteiger partial charge in [0.1, 0.15) is 17.5 Å². The molecule has 33 heavy (non-hydrogen) atoms. The van der Waals surface area contributed by atoms with E-state index in [0.717, 1.165) is 28.7 Å². The van der Waals surface area contributed by atoms with Crippen LogP contribution in [0.2, 0.25) is 0 Å². The molecule has 0 unspecified atom stereocenters. The monoisotopic (exact) mass is 447 g/mol. The molecule has 9 heteroatoms. The summed E-state index contributed by atoms with van der Waals surface area (Å²) in [5, 5.41) is 17.7. The van der Waals surface area contributed by atoms with Crippen LogP contribution in [0.5, 0.6) is 5.75 Å². The fourth-order valence-electron chi connectivity index (χ4n) is 4.14. The highest BCUT2D eigenvalue weighted by Gasteiger charge is 2.50. The lowest BCUT2D eigenvalue weighted by Crippen LogP contribution is -2.12. The minimum atomic E-state index is -2.79. The number of hydrogen-bond acceptors (Lipinski definition) is 6. The first kappa shape index (κ1) is 20.8. The molecule has 0 bridgehead atoms. The number of methoxy groups -OCH3 is 1. The molecule has 5 rings (SSSR count). The van der Waals surface area contributed by atoms with E-state index in [9.17, 15) is 14.0 Å². The highest BCUT2D eigenvalue weighted by Crippen LogP contribution is 2.53. The van der Waals surface area contributed by atoms with Gasteiger partial charge in [-0.2, -0.15) is 15.3 Å². The van der Waals surface area contributed by atoms with Crippen LogP contribution in [0.1, 0.15) is 47.5 Å². The van der Waals surface area contributed by atoms with E-state index in [1.807, 2.05) is 31.2 Å². The maximum absolute atomic E-state index is 13.8. The average molecular weight is 447 g/mol. The van der Waals surface area contributed by atoms with Crippen LogP contribution in [0.3, 0.4) is 0 Å². The van der Waals surface area contributed by atoms with E-state index >= 15 is 0 Å². The quantitative estimate of drug-likeness (QED) is 0.407. The third kappa shape index (κ3) is 3.44. The third-order valence-corrected chi connectivity index (χ3v) is 5.99. The molecule has 0 N–H and O–H groups in total. The topological polar surface area (TPSA) is 89.8 Å². The summed E-state index contributed by atoms with van der Waals surface area (Å²) in [7, 11) is 1.41. The van der Waals surface area contributed by atoms with E-state index in [1.54, 1.807) is 0 Å². The minimum Gasteiger partial charge on any atom is -0.495 e. The number of ether oxygens (including phenoxy) is 1. The summed E-state index contributed by atoms with van der Waals surface area (Å²) in [4.78, 5) is 4.53. The van der Waals surface area contributed by atoms with Crippen LogP contribution in [0.15, 0.2) is 53.1 Å². The number of nitrogens with zero attached hydrogens (tertiary/aromatic N) is 5. The fourth-order valence-corrected chi connectivity index (χ4v) is 4.14. The van der Waals surface area contributed by atoms with Crippen molar-refractivity contribution in [2.75, 3.05) is 7.11 Å². The molecule has 1 aliphatic rings. The van der Waals surface area contributed by atoms with E-state index in [-0.39, 0.29) is 28.4 Å².